The first kappa shape index (κ1) is 25.4. The van der Waals surface area contributed by atoms with Crippen molar-refractivity contribution in [1.29, 1.82) is 0 Å². The summed E-state index contributed by atoms with van der Waals surface area (Å²) in [6.07, 6.45) is 3.08. The highest BCUT2D eigenvalue weighted by molar-refractivity contribution is 5.81. The molecule has 0 radical (unpaired) electrons. The van der Waals surface area contributed by atoms with Gasteiger partial charge in [0.25, 0.3) is 0 Å². The van der Waals surface area contributed by atoms with Gasteiger partial charge in [0.05, 0.1) is 19.3 Å². The summed E-state index contributed by atoms with van der Waals surface area (Å²) in [7, 11) is 0. The van der Waals surface area contributed by atoms with Gasteiger partial charge in [-0.25, -0.2) is 0 Å². The summed E-state index contributed by atoms with van der Waals surface area (Å²) < 4.78 is 46.4. The topological polar surface area (TPSA) is 76.7 Å². The first-order chi connectivity index (χ1) is 12.8. The van der Waals surface area contributed by atoms with Crippen LogP contribution < -0.4 is 10.6 Å². The minimum absolute atomic E-state index is 0.0349. The van der Waals surface area contributed by atoms with E-state index in [-0.39, 0.29) is 44.9 Å². The van der Waals surface area contributed by atoms with Gasteiger partial charge < -0.3 is 20.1 Å². The van der Waals surface area contributed by atoms with Crippen molar-refractivity contribution in [3.05, 3.63) is 12.7 Å². The number of hydrogen-bond acceptors (Lipinski definition) is 4. The first-order valence-electron chi connectivity index (χ1n) is 9.23. The third-order valence-electron chi connectivity index (χ3n) is 3.70. The van der Waals surface area contributed by atoms with Crippen LogP contribution in [0.1, 0.15) is 45.4 Å². The molecule has 1 unspecified atom stereocenters. The van der Waals surface area contributed by atoms with Crippen LogP contribution in [0.3, 0.4) is 0 Å². The van der Waals surface area contributed by atoms with Gasteiger partial charge in [-0.05, 0) is 25.7 Å². The van der Waals surface area contributed by atoms with Crippen LogP contribution in [-0.4, -0.2) is 57.0 Å². The molecule has 0 aliphatic heterocycles. The van der Waals surface area contributed by atoms with E-state index in [2.05, 4.69) is 11.9 Å². The van der Waals surface area contributed by atoms with Crippen molar-refractivity contribution in [2.24, 2.45) is 0 Å². The Kier molecular flexibility index (Phi) is 14.5. The lowest BCUT2D eigenvalue weighted by molar-refractivity contribution is -0.173. The molecule has 158 valence electrons. The van der Waals surface area contributed by atoms with Gasteiger partial charge in [0.1, 0.15) is 6.61 Å². The standard InChI is InChI=1S/C18H31F3N2O4/c1-3-5-6-7-8-9-15(4-2)27-14-16(24)22-10-12-26-13-11-23-17(25)18(19,20)21/h3,15H,1,4-14H2,2H3,(H,22,24)(H,23,25). The van der Waals surface area contributed by atoms with E-state index in [1.165, 1.54) is 0 Å². The predicted octanol–water partition coefficient (Wildman–Crippen LogP) is 2.73. The minimum atomic E-state index is -4.89. The smallest absolute Gasteiger partial charge is 0.378 e. The molecule has 6 nitrogen and oxygen atoms in total. The Morgan fingerprint density at radius 1 is 1.11 bits per heavy atom. The van der Waals surface area contributed by atoms with Crippen molar-refractivity contribution in [2.45, 2.75) is 57.7 Å². The summed E-state index contributed by atoms with van der Waals surface area (Å²) in [5.74, 6) is -2.27. The number of hydrogen-bond donors (Lipinski definition) is 2. The molecule has 0 aliphatic rings. The van der Waals surface area contributed by atoms with Crippen molar-refractivity contribution >= 4 is 11.8 Å². The average Bonchev–Trinajstić information content (AvgIpc) is 2.62. The van der Waals surface area contributed by atoms with Crippen LogP contribution >= 0.6 is 0 Å². The lowest BCUT2D eigenvalue weighted by Gasteiger charge is -2.16. The molecule has 0 spiro atoms. The molecule has 1 atom stereocenters. The molecule has 0 fully saturated rings. The van der Waals surface area contributed by atoms with Crippen molar-refractivity contribution in [3.8, 4) is 0 Å². The second-order valence-electron chi connectivity index (χ2n) is 5.98. The maximum Gasteiger partial charge on any atom is 0.471 e. The van der Waals surface area contributed by atoms with Crippen molar-refractivity contribution in [3.63, 3.8) is 0 Å². The van der Waals surface area contributed by atoms with Gasteiger partial charge in [-0.3, -0.25) is 9.59 Å². The van der Waals surface area contributed by atoms with Crippen LogP contribution in [0.25, 0.3) is 0 Å². The summed E-state index contributed by atoms with van der Waals surface area (Å²) >= 11 is 0. The van der Waals surface area contributed by atoms with E-state index in [1.807, 2.05) is 13.0 Å². The zero-order chi connectivity index (χ0) is 20.5. The van der Waals surface area contributed by atoms with Crippen molar-refractivity contribution in [2.75, 3.05) is 32.9 Å². The van der Waals surface area contributed by atoms with Gasteiger partial charge in [-0.1, -0.05) is 25.8 Å². The van der Waals surface area contributed by atoms with Crippen LogP contribution in [0.4, 0.5) is 13.2 Å². The highest BCUT2D eigenvalue weighted by Crippen LogP contribution is 2.13. The number of rotatable bonds is 16. The van der Waals surface area contributed by atoms with Crippen molar-refractivity contribution < 1.29 is 32.2 Å². The number of amides is 2. The quantitative estimate of drug-likeness (QED) is 0.311. The largest absolute Gasteiger partial charge is 0.471 e. The number of unbranched alkanes of at least 4 members (excludes halogenated alkanes) is 3. The number of allylic oxidation sites excluding steroid dienone is 1. The monoisotopic (exact) mass is 396 g/mol. The van der Waals surface area contributed by atoms with E-state index in [9.17, 15) is 22.8 Å². The predicted molar refractivity (Wildman–Crippen MR) is 96.2 cm³/mol. The number of carbonyl (C=O) groups is 2. The van der Waals surface area contributed by atoms with E-state index < -0.39 is 12.1 Å². The Bertz CT molecular complexity index is 431. The minimum Gasteiger partial charge on any atom is -0.378 e. The van der Waals surface area contributed by atoms with Crippen LogP contribution in [0.15, 0.2) is 12.7 Å². The first-order valence-corrected chi connectivity index (χ1v) is 9.23. The molecule has 0 bridgehead atoms. The second-order valence-corrected chi connectivity index (χ2v) is 5.98. The number of alkyl halides is 3. The van der Waals surface area contributed by atoms with Gasteiger partial charge in [0.15, 0.2) is 0 Å². The van der Waals surface area contributed by atoms with Crippen LogP contribution in [-0.2, 0) is 19.1 Å². The molecule has 0 heterocycles. The van der Waals surface area contributed by atoms with E-state index in [1.54, 1.807) is 5.32 Å². The van der Waals surface area contributed by atoms with Crippen LogP contribution in [0.5, 0.6) is 0 Å². The molecule has 0 aromatic rings. The van der Waals surface area contributed by atoms with Gasteiger partial charge in [0.2, 0.25) is 5.91 Å². The van der Waals surface area contributed by atoms with Gasteiger partial charge >= 0.3 is 12.1 Å². The third-order valence-corrected chi connectivity index (χ3v) is 3.70. The Labute approximate surface area is 158 Å². The summed E-state index contributed by atoms with van der Waals surface area (Å²) in [5.41, 5.74) is 0. The fourth-order valence-corrected chi connectivity index (χ4v) is 2.19. The Morgan fingerprint density at radius 3 is 2.37 bits per heavy atom. The zero-order valence-corrected chi connectivity index (χ0v) is 15.9. The molecule has 2 amide bonds. The molecule has 0 saturated heterocycles. The zero-order valence-electron chi connectivity index (χ0n) is 15.9. The molecular formula is C18H31F3N2O4. The third kappa shape index (κ3) is 15.2. The molecule has 2 N–H and O–H groups in total. The average molecular weight is 396 g/mol. The summed E-state index contributed by atoms with van der Waals surface area (Å²) in [5, 5.41) is 4.29. The number of carbonyl (C=O) groups excluding carboxylic acids is 2. The second kappa shape index (κ2) is 15.4. The molecule has 0 aromatic heterocycles. The maximum absolute atomic E-state index is 11.9. The summed E-state index contributed by atoms with van der Waals surface area (Å²) in [6.45, 7) is 5.69. The fraction of sp³-hybridized carbons (Fsp3) is 0.778. The normalized spacial score (nSPS) is 12.4. The number of halogens is 3. The molecule has 0 rings (SSSR count). The highest BCUT2D eigenvalue weighted by Gasteiger charge is 2.38. The summed E-state index contributed by atoms with van der Waals surface area (Å²) in [4.78, 5) is 22.2. The molecule has 27 heavy (non-hydrogen) atoms. The Hall–Kier alpha value is -1.61. The van der Waals surface area contributed by atoms with E-state index in [4.69, 9.17) is 9.47 Å². The fourth-order valence-electron chi connectivity index (χ4n) is 2.19. The van der Waals surface area contributed by atoms with Gasteiger partial charge in [-0.2, -0.15) is 13.2 Å². The number of ether oxygens (including phenoxy) is 2. The Morgan fingerprint density at radius 2 is 1.78 bits per heavy atom. The van der Waals surface area contributed by atoms with Gasteiger partial charge in [-0.15, -0.1) is 6.58 Å². The summed E-state index contributed by atoms with van der Waals surface area (Å²) in [6, 6.07) is 0. The SMILES string of the molecule is C=CCCCCCC(CC)OCC(=O)NCCOCCNC(=O)C(F)(F)F. The highest BCUT2D eigenvalue weighted by atomic mass is 19.4. The van der Waals surface area contributed by atoms with E-state index >= 15 is 0 Å². The molecule has 9 heteroatoms. The van der Waals surface area contributed by atoms with Gasteiger partial charge in [0, 0.05) is 13.1 Å². The molecule has 0 aromatic carbocycles. The van der Waals surface area contributed by atoms with E-state index in [0.717, 1.165) is 38.5 Å². The Balaban J connectivity index is 3.61. The van der Waals surface area contributed by atoms with Crippen LogP contribution in [0, 0.1) is 0 Å². The molecule has 0 saturated carbocycles. The lowest BCUT2D eigenvalue weighted by atomic mass is 10.1. The molecular weight excluding hydrogens is 365 g/mol. The molecule has 0 aliphatic carbocycles. The number of nitrogens with one attached hydrogen (secondary N) is 2. The van der Waals surface area contributed by atoms with Crippen molar-refractivity contribution in [1.82, 2.24) is 10.6 Å². The van der Waals surface area contributed by atoms with E-state index in [0.29, 0.717) is 0 Å². The van der Waals surface area contributed by atoms with Crippen LogP contribution in [0.2, 0.25) is 0 Å². The maximum atomic E-state index is 11.9. The lowest BCUT2D eigenvalue weighted by Crippen LogP contribution is -2.38.